The third-order valence-corrected chi connectivity index (χ3v) is 7.19. The van der Waals surface area contributed by atoms with Crippen LogP contribution in [0.25, 0.3) is 0 Å². The van der Waals surface area contributed by atoms with Crippen molar-refractivity contribution >= 4 is 27.3 Å². The Labute approximate surface area is 157 Å². The predicted octanol–water partition coefficient (Wildman–Crippen LogP) is -0.291. The molecule has 0 spiro atoms. The Bertz CT molecular complexity index is 709. The molecule has 1 aromatic heterocycles. The first-order chi connectivity index (χ1) is 12.4. The van der Waals surface area contributed by atoms with E-state index in [0.717, 1.165) is 26.1 Å². The zero-order valence-corrected chi connectivity index (χ0v) is 16.3. The molecule has 0 radical (unpaired) electrons. The lowest BCUT2D eigenvalue weighted by atomic mass is 10.1. The largest absolute Gasteiger partial charge is 0.389 e. The topological polar surface area (TPSA) is 99.2 Å². The first-order valence-corrected chi connectivity index (χ1v) is 11.1. The molecule has 1 aromatic rings. The molecule has 0 unspecified atom stereocenters. The molecule has 10 heteroatoms. The number of amides is 1. The van der Waals surface area contributed by atoms with Crippen LogP contribution in [-0.4, -0.2) is 86.8 Å². The Morgan fingerprint density at radius 3 is 2.88 bits per heavy atom. The van der Waals surface area contributed by atoms with Crippen LogP contribution in [0, 0.1) is 0 Å². The Hall–Kier alpha value is -1.04. The zero-order valence-electron chi connectivity index (χ0n) is 14.7. The Balaban J connectivity index is 1.54. The summed E-state index contributed by atoms with van der Waals surface area (Å²) in [6.07, 6.45) is -0.485. The van der Waals surface area contributed by atoms with E-state index < -0.39 is 28.3 Å². The lowest BCUT2D eigenvalue weighted by Crippen LogP contribution is -2.47. The van der Waals surface area contributed by atoms with Crippen molar-refractivity contribution in [1.29, 1.82) is 0 Å². The fraction of sp³-hybridized carbons (Fsp3) is 0.688. The van der Waals surface area contributed by atoms with E-state index in [9.17, 15) is 18.3 Å². The number of rotatable bonds is 5. The number of hydrogen-bond donors (Lipinski definition) is 2. The summed E-state index contributed by atoms with van der Waals surface area (Å²) < 4.78 is 32.8. The molecule has 3 rings (SSSR count). The maximum absolute atomic E-state index is 12.3. The molecule has 2 saturated heterocycles. The number of ether oxygens (including phenoxy) is 1. The van der Waals surface area contributed by atoms with E-state index in [0.29, 0.717) is 13.1 Å². The normalized spacial score (nSPS) is 28.2. The molecule has 8 nitrogen and oxygen atoms in total. The molecule has 3 heterocycles. The van der Waals surface area contributed by atoms with Gasteiger partial charge in [0, 0.05) is 38.5 Å². The average Bonchev–Trinajstić information content (AvgIpc) is 3.16. The van der Waals surface area contributed by atoms with Crippen LogP contribution in [0.5, 0.6) is 0 Å². The highest BCUT2D eigenvalue weighted by Gasteiger charge is 2.39. The van der Waals surface area contributed by atoms with Crippen LogP contribution in [0.1, 0.15) is 13.3 Å². The fourth-order valence-electron chi connectivity index (χ4n) is 3.34. The summed E-state index contributed by atoms with van der Waals surface area (Å²) in [6, 6.07) is 0.871. The van der Waals surface area contributed by atoms with Crippen molar-refractivity contribution in [3.8, 4) is 0 Å². The lowest BCUT2D eigenvalue weighted by molar-refractivity contribution is -0.128. The van der Waals surface area contributed by atoms with E-state index in [1.165, 1.54) is 17.4 Å². The highest BCUT2D eigenvalue weighted by Crippen LogP contribution is 2.20. The van der Waals surface area contributed by atoms with Gasteiger partial charge in [-0.15, -0.1) is 0 Å². The number of carbonyl (C=O) groups excluding carboxylic acids is 1. The van der Waals surface area contributed by atoms with Crippen LogP contribution in [-0.2, 0) is 19.6 Å². The van der Waals surface area contributed by atoms with Gasteiger partial charge in [0.1, 0.15) is 0 Å². The van der Waals surface area contributed by atoms with Crippen LogP contribution in [0.15, 0.2) is 21.7 Å². The van der Waals surface area contributed by atoms with E-state index >= 15 is 0 Å². The summed E-state index contributed by atoms with van der Waals surface area (Å²) in [4.78, 5) is 15.7. The van der Waals surface area contributed by atoms with Crippen molar-refractivity contribution < 1.29 is 23.1 Å². The van der Waals surface area contributed by atoms with Gasteiger partial charge >= 0.3 is 0 Å². The highest BCUT2D eigenvalue weighted by atomic mass is 32.2. The molecule has 3 atom stereocenters. The van der Waals surface area contributed by atoms with Crippen molar-refractivity contribution in [2.75, 3.05) is 39.3 Å². The average molecular weight is 404 g/mol. The molecule has 2 fully saturated rings. The van der Waals surface area contributed by atoms with Gasteiger partial charge in [-0.3, -0.25) is 9.69 Å². The van der Waals surface area contributed by atoms with E-state index in [1.54, 1.807) is 17.7 Å². The minimum atomic E-state index is -3.65. The van der Waals surface area contributed by atoms with E-state index in [4.69, 9.17) is 4.74 Å². The van der Waals surface area contributed by atoms with Crippen molar-refractivity contribution in [2.24, 2.45) is 0 Å². The molecule has 146 valence electrons. The first kappa shape index (κ1) is 19.7. The van der Waals surface area contributed by atoms with Gasteiger partial charge in [0.2, 0.25) is 15.9 Å². The summed E-state index contributed by atoms with van der Waals surface area (Å²) in [5, 5.41) is 13.8. The van der Waals surface area contributed by atoms with Gasteiger partial charge in [-0.2, -0.15) is 11.3 Å². The number of sulfonamides is 1. The number of hydrogen-bond acceptors (Lipinski definition) is 7. The number of carbonyl (C=O) groups is 1. The number of aliphatic hydroxyl groups is 1. The minimum absolute atomic E-state index is 0.0758. The number of nitrogens with one attached hydrogen (secondary N) is 1. The zero-order chi connectivity index (χ0) is 18.7. The van der Waals surface area contributed by atoms with Crippen LogP contribution in [0.4, 0.5) is 0 Å². The molecular formula is C16H25N3O5S2. The van der Waals surface area contributed by atoms with E-state index in [-0.39, 0.29) is 17.4 Å². The van der Waals surface area contributed by atoms with Crippen LogP contribution in [0.3, 0.4) is 0 Å². The molecule has 26 heavy (non-hydrogen) atoms. The van der Waals surface area contributed by atoms with Gasteiger partial charge in [-0.1, -0.05) is 0 Å². The van der Waals surface area contributed by atoms with Crippen molar-refractivity contribution in [2.45, 2.75) is 36.5 Å². The van der Waals surface area contributed by atoms with Gasteiger partial charge in [-0.25, -0.2) is 13.1 Å². The molecule has 2 N–H and O–H groups in total. The minimum Gasteiger partial charge on any atom is -0.389 e. The lowest BCUT2D eigenvalue weighted by Gasteiger charge is -2.26. The standard InChI is InChI=1S/C16H25N3O5S2/c1-12(20)19-5-2-4-18(6-7-19)9-15-16(21)14(10-24-15)17-26(22,23)13-3-8-25-11-13/h3,8,11,14-17,21H,2,4-7,9-10H2,1H3/t14-,15-,16+/m0/s1. The maximum Gasteiger partial charge on any atom is 0.241 e. The Morgan fingerprint density at radius 1 is 1.38 bits per heavy atom. The highest BCUT2D eigenvalue weighted by molar-refractivity contribution is 7.89. The van der Waals surface area contributed by atoms with Crippen molar-refractivity contribution in [3.05, 3.63) is 16.8 Å². The molecule has 0 bridgehead atoms. The van der Waals surface area contributed by atoms with Gasteiger partial charge < -0.3 is 14.7 Å². The van der Waals surface area contributed by atoms with Crippen LogP contribution >= 0.6 is 11.3 Å². The summed E-state index contributed by atoms with van der Waals surface area (Å²) in [5.41, 5.74) is 0. The Morgan fingerprint density at radius 2 is 2.19 bits per heavy atom. The molecule has 2 aliphatic rings. The van der Waals surface area contributed by atoms with Crippen LogP contribution < -0.4 is 4.72 Å². The molecule has 1 amide bonds. The molecule has 0 aromatic carbocycles. The quantitative estimate of drug-likeness (QED) is 0.701. The monoisotopic (exact) mass is 403 g/mol. The fourth-order valence-corrected chi connectivity index (χ4v) is 5.61. The third kappa shape index (κ3) is 4.62. The van der Waals surface area contributed by atoms with Crippen molar-refractivity contribution in [1.82, 2.24) is 14.5 Å². The van der Waals surface area contributed by atoms with E-state index in [2.05, 4.69) is 9.62 Å². The molecule has 0 saturated carbocycles. The van der Waals surface area contributed by atoms with Gasteiger partial charge in [0.15, 0.2) is 0 Å². The number of aliphatic hydroxyl groups excluding tert-OH is 1. The SMILES string of the molecule is CC(=O)N1CCCN(C[C@@H]2OC[C@H](NS(=O)(=O)c3ccsc3)[C@H]2O)CC1. The second-order valence-electron chi connectivity index (χ2n) is 6.71. The smallest absolute Gasteiger partial charge is 0.241 e. The number of nitrogens with zero attached hydrogens (tertiary/aromatic N) is 2. The van der Waals surface area contributed by atoms with Gasteiger partial charge in [0.25, 0.3) is 0 Å². The van der Waals surface area contributed by atoms with E-state index in [1.807, 2.05) is 4.90 Å². The molecule has 2 aliphatic heterocycles. The third-order valence-electron chi connectivity index (χ3n) is 4.87. The molecular weight excluding hydrogens is 378 g/mol. The second kappa shape index (κ2) is 8.32. The summed E-state index contributed by atoms with van der Waals surface area (Å²) >= 11 is 1.31. The van der Waals surface area contributed by atoms with Gasteiger partial charge in [-0.05, 0) is 24.4 Å². The predicted molar refractivity (Wildman–Crippen MR) is 97.5 cm³/mol. The maximum atomic E-state index is 12.3. The summed E-state index contributed by atoms with van der Waals surface area (Å²) in [5.74, 6) is 0.0758. The summed E-state index contributed by atoms with van der Waals surface area (Å²) in [6.45, 7) is 5.17. The van der Waals surface area contributed by atoms with Gasteiger partial charge in [0.05, 0.1) is 29.8 Å². The molecule has 0 aliphatic carbocycles. The first-order valence-electron chi connectivity index (χ1n) is 8.69. The summed E-state index contributed by atoms with van der Waals surface area (Å²) in [7, 11) is -3.65. The Kier molecular flexibility index (Phi) is 6.31. The number of thiophene rings is 1. The second-order valence-corrected chi connectivity index (χ2v) is 9.20. The van der Waals surface area contributed by atoms with Crippen LogP contribution in [0.2, 0.25) is 0 Å². The van der Waals surface area contributed by atoms with Crippen molar-refractivity contribution in [3.63, 3.8) is 0 Å².